The van der Waals surface area contributed by atoms with E-state index in [4.69, 9.17) is 6.42 Å². The first-order valence-corrected chi connectivity index (χ1v) is 4.97. The first-order valence-electron chi connectivity index (χ1n) is 4.97. The van der Waals surface area contributed by atoms with Crippen LogP contribution in [0.25, 0.3) is 0 Å². The molecule has 0 bridgehead atoms. The van der Waals surface area contributed by atoms with Gasteiger partial charge in [-0.15, -0.1) is 6.42 Å². The van der Waals surface area contributed by atoms with Crippen molar-refractivity contribution in [2.75, 3.05) is 6.54 Å². The van der Waals surface area contributed by atoms with Gasteiger partial charge in [0.1, 0.15) is 0 Å². The molecule has 0 aromatic carbocycles. The average Bonchev–Trinajstić information content (AvgIpc) is 2.56. The van der Waals surface area contributed by atoms with Gasteiger partial charge in [0, 0.05) is 6.21 Å². The van der Waals surface area contributed by atoms with Crippen molar-refractivity contribution in [2.45, 2.75) is 26.3 Å². The van der Waals surface area contributed by atoms with Crippen LogP contribution in [0.2, 0.25) is 0 Å². The van der Waals surface area contributed by atoms with E-state index >= 15 is 0 Å². The predicted octanol–water partition coefficient (Wildman–Crippen LogP) is -0.0215. The highest BCUT2D eigenvalue weighted by atomic mass is 16.2. The number of hydrogen-bond donors (Lipinski definition) is 1. The maximum atomic E-state index is 11.8. The lowest BCUT2D eigenvalue weighted by Gasteiger charge is -2.28. The highest BCUT2D eigenvalue weighted by molar-refractivity contribution is 6.15. The summed E-state index contributed by atoms with van der Waals surface area (Å²) >= 11 is 0. The van der Waals surface area contributed by atoms with Gasteiger partial charge >= 0.3 is 0 Å². The Balaban J connectivity index is 2.70. The summed E-state index contributed by atoms with van der Waals surface area (Å²) < 4.78 is 0. The van der Waals surface area contributed by atoms with Crippen LogP contribution in [0.4, 0.5) is 0 Å². The molecule has 5 heteroatoms. The average molecular weight is 221 g/mol. The lowest BCUT2D eigenvalue weighted by molar-refractivity contribution is -0.140. The molecule has 1 rings (SSSR count). The van der Waals surface area contributed by atoms with Crippen molar-refractivity contribution in [1.82, 2.24) is 10.3 Å². The number of carbonyl (C=O) groups excluding carboxylic acids is 2. The fourth-order valence-corrected chi connectivity index (χ4v) is 1.32. The summed E-state index contributed by atoms with van der Waals surface area (Å²) in [4.78, 5) is 23.4. The van der Waals surface area contributed by atoms with E-state index in [2.05, 4.69) is 16.3 Å². The molecule has 16 heavy (non-hydrogen) atoms. The summed E-state index contributed by atoms with van der Waals surface area (Å²) in [5.41, 5.74) is -0.422. The lowest BCUT2D eigenvalue weighted by atomic mass is 10.1. The number of carbonyl (C=O) groups is 2. The molecule has 0 radical (unpaired) electrons. The highest BCUT2D eigenvalue weighted by Gasteiger charge is 2.39. The number of terminal acetylenes is 1. The van der Waals surface area contributed by atoms with Crippen molar-refractivity contribution in [3.05, 3.63) is 0 Å². The minimum absolute atomic E-state index is 0.117. The second-order valence-electron chi connectivity index (χ2n) is 4.49. The van der Waals surface area contributed by atoms with E-state index in [1.807, 2.05) is 20.8 Å². The summed E-state index contributed by atoms with van der Waals surface area (Å²) in [6, 6.07) is 0. The molecule has 0 aromatic heterocycles. The van der Waals surface area contributed by atoms with Crippen molar-refractivity contribution in [3.8, 4) is 12.3 Å². The van der Waals surface area contributed by atoms with Crippen LogP contribution < -0.4 is 5.32 Å². The summed E-state index contributed by atoms with van der Waals surface area (Å²) in [5, 5.41) is 7.72. The summed E-state index contributed by atoms with van der Waals surface area (Å²) in [5.74, 6) is 0.701. The normalized spacial score (nSPS) is 19.8. The number of hydrogen-bond acceptors (Lipinski definition) is 3. The van der Waals surface area contributed by atoms with Gasteiger partial charge in [-0.25, -0.2) is 5.01 Å². The minimum Gasteiger partial charge on any atom is -0.344 e. The van der Waals surface area contributed by atoms with Gasteiger partial charge in [-0.2, -0.15) is 5.10 Å². The third kappa shape index (κ3) is 2.40. The molecule has 0 saturated heterocycles. The topological polar surface area (TPSA) is 61.8 Å². The SMILES string of the molecule is C#CCNC(=O)C1C=NN(C(C)(C)C)C1=O. The second-order valence-corrected chi connectivity index (χ2v) is 4.49. The highest BCUT2D eigenvalue weighted by Crippen LogP contribution is 2.21. The molecule has 1 N–H and O–H groups in total. The molecule has 1 atom stereocenters. The molecule has 0 saturated carbocycles. The smallest absolute Gasteiger partial charge is 0.261 e. The molecule has 86 valence electrons. The first kappa shape index (κ1) is 12.2. The zero-order valence-corrected chi connectivity index (χ0v) is 9.65. The van der Waals surface area contributed by atoms with Crippen molar-refractivity contribution in [3.63, 3.8) is 0 Å². The van der Waals surface area contributed by atoms with E-state index in [1.54, 1.807) is 0 Å². The molecule has 0 fully saturated rings. The molecule has 1 unspecified atom stereocenters. The van der Waals surface area contributed by atoms with E-state index in [-0.39, 0.29) is 12.5 Å². The number of amides is 2. The van der Waals surface area contributed by atoms with Crippen LogP contribution in [0.3, 0.4) is 0 Å². The zero-order valence-electron chi connectivity index (χ0n) is 9.65. The molecule has 1 aliphatic heterocycles. The molecule has 1 heterocycles. The van der Waals surface area contributed by atoms with Crippen molar-refractivity contribution in [2.24, 2.45) is 11.0 Å². The van der Waals surface area contributed by atoms with Crippen LogP contribution in [-0.4, -0.2) is 35.1 Å². The van der Waals surface area contributed by atoms with E-state index in [0.29, 0.717) is 0 Å². The van der Waals surface area contributed by atoms with E-state index < -0.39 is 17.4 Å². The van der Waals surface area contributed by atoms with Crippen molar-refractivity contribution in [1.29, 1.82) is 0 Å². The summed E-state index contributed by atoms with van der Waals surface area (Å²) in [6.45, 7) is 5.67. The number of nitrogens with one attached hydrogen (secondary N) is 1. The molecule has 0 aromatic rings. The van der Waals surface area contributed by atoms with Gasteiger partial charge in [0.15, 0.2) is 5.92 Å². The molecule has 1 aliphatic rings. The van der Waals surface area contributed by atoms with Gasteiger partial charge in [0.05, 0.1) is 12.1 Å². The predicted molar refractivity (Wildman–Crippen MR) is 60.4 cm³/mol. The van der Waals surface area contributed by atoms with Crippen molar-refractivity contribution < 1.29 is 9.59 Å². The summed E-state index contributed by atoms with van der Waals surface area (Å²) in [7, 11) is 0. The quantitative estimate of drug-likeness (QED) is 0.526. The molecule has 5 nitrogen and oxygen atoms in total. The van der Waals surface area contributed by atoms with Crippen LogP contribution in [0.15, 0.2) is 5.10 Å². The molecule has 0 aliphatic carbocycles. The van der Waals surface area contributed by atoms with Gasteiger partial charge in [-0.1, -0.05) is 5.92 Å². The van der Waals surface area contributed by atoms with Crippen LogP contribution >= 0.6 is 0 Å². The fraction of sp³-hybridized carbons (Fsp3) is 0.545. The monoisotopic (exact) mass is 221 g/mol. The van der Waals surface area contributed by atoms with E-state index in [1.165, 1.54) is 11.2 Å². The zero-order chi connectivity index (χ0) is 12.3. The first-order chi connectivity index (χ1) is 7.38. The Morgan fingerprint density at radius 2 is 2.31 bits per heavy atom. The van der Waals surface area contributed by atoms with E-state index in [0.717, 1.165) is 0 Å². The van der Waals surface area contributed by atoms with E-state index in [9.17, 15) is 9.59 Å². The molecule has 0 spiro atoms. The Labute approximate surface area is 94.9 Å². The number of rotatable bonds is 2. The van der Waals surface area contributed by atoms with Crippen molar-refractivity contribution >= 4 is 18.0 Å². The Morgan fingerprint density at radius 1 is 1.69 bits per heavy atom. The standard InChI is InChI=1S/C11H15N3O2/c1-5-6-12-9(15)8-7-13-14(10(8)16)11(2,3)4/h1,7-8H,6H2,2-4H3,(H,12,15). The van der Waals surface area contributed by atoms with Crippen LogP contribution in [0.5, 0.6) is 0 Å². The third-order valence-corrected chi connectivity index (χ3v) is 2.09. The van der Waals surface area contributed by atoms with Gasteiger partial charge in [0.25, 0.3) is 5.91 Å². The van der Waals surface area contributed by atoms with Crippen LogP contribution in [0, 0.1) is 18.3 Å². The molecule has 2 amide bonds. The number of hydrazone groups is 1. The van der Waals surface area contributed by atoms with Gasteiger partial charge in [-0.05, 0) is 20.8 Å². The van der Waals surface area contributed by atoms with Gasteiger partial charge in [0.2, 0.25) is 5.91 Å². The second kappa shape index (κ2) is 4.35. The fourth-order valence-electron chi connectivity index (χ4n) is 1.32. The van der Waals surface area contributed by atoms with Gasteiger partial charge in [-0.3, -0.25) is 9.59 Å². The Bertz CT molecular complexity index is 374. The number of nitrogens with zero attached hydrogens (tertiary/aromatic N) is 2. The van der Waals surface area contributed by atoms with Gasteiger partial charge < -0.3 is 5.32 Å². The Hall–Kier alpha value is -1.83. The minimum atomic E-state index is -0.854. The lowest BCUT2D eigenvalue weighted by Crippen LogP contribution is -2.44. The van der Waals surface area contributed by atoms with Crippen LogP contribution in [0.1, 0.15) is 20.8 Å². The maximum absolute atomic E-state index is 11.8. The molecular formula is C11H15N3O2. The Kier molecular flexibility index (Phi) is 3.33. The molecular weight excluding hydrogens is 206 g/mol. The largest absolute Gasteiger partial charge is 0.344 e. The Morgan fingerprint density at radius 3 is 2.75 bits per heavy atom. The maximum Gasteiger partial charge on any atom is 0.261 e. The summed E-state index contributed by atoms with van der Waals surface area (Å²) in [6.07, 6.45) is 6.36. The van der Waals surface area contributed by atoms with Crippen LogP contribution in [-0.2, 0) is 9.59 Å². The third-order valence-electron chi connectivity index (χ3n) is 2.09.